The van der Waals surface area contributed by atoms with Crippen LogP contribution in [0.25, 0.3) is 0 Å². The molecule has 0 rings (SSSR count). The molecule has 0 atom stereocenters. The summed E-state index contributed by atoms with van der Waals surface area (Å²) in [7, 11) is -5.17. The Bertz CT molecular complexity index is 93.6. The maximum Gasteiger partial charge on any atom is 4.00 e. The van der Waals surface area contributed by atoms with Gasteiger partial charge >= 0.3 is 43.4 Å². The fourth-order valence-corrected chi connectivity index (χ4v) is 0. The van der Waals surface area contributed by atoms with Gasteiger partial charge in [-0.05, 0) is 0 Å². The first-order valence-electron chi connectivity index (χ1n) is 0.667. The van der Waals surface area contributed by atoms with Crippen molar-refractivity contribution in [3.05, 3.63) is 0 Å². The van der Waals surface area contributed by atoms with Gasteiger partial charge in [0.2, 0.25) is 0 Å². The molecule has 0 aliphatic carbocycles. The van der Waals surface area contributed by atoms with E-state index in [1.807, 2.05) is 0 Å². The van der Waals surface area contributed by atoms with Gasteiger partial charge in [0.25, 0.3) is 0 Å². The average molecular weight is 208 g/mol. The van der Waals surface area contributed by atoms with Gasteiger partial charge in [-0.25, -0.2) is 0 Å². The van der Waals surface area contributed by atoms with Gasteiger partial charge in [-0.2, -0.15) is 0 Å². The summed E-state index contributed by atoms with van der Waals surface area (Å²) in [6, 6.07) is 0. The van der Waals surface area contributed by atoms with Crippen molar-refractivity contribution in [1.82, 2.24) is 0 Å². The summed E-state index contributed by atoms with van der Waals surface area (Å²) in [5, 5.41) is 0. The molecular formula is O5STi2+4. The smallest absolute Gasteiger partial charge is 2.00 e. The summed E-state index contributed by atoms with van der Waals surface area (Å²) in [5.41, 5.74) is 0. The quantitative estimate of drug-likeness (QED) is 0.275. The Labute approximate surface area is 76.5 Å². The second-order valence-corrected chi connectivity index (χ2v) is 1.22. The molecule has 0 aromatic rings. The van der Waals surface area contributed by atoms with E-state index in [1.54, 1.807) is 0 Å². The third kappa shape index (κ3) is 179. The van der Waals surface area contributed by atoms with Crippen LogP contribution in [-0.2, 0) is 59.3 Å². The van der Waals surface area contributed by atoms with Crippen LogP contribution in [0.4, 0.5) is 0 Å². The molecule has 8 heteroatoms. The van der Waals surface area contributed by atoms with Crippen LogP contribution in [-0.4, -0.2) is 17.5 Å². The van der Waals surface area contributed by atoms with Gasteiger partial charge < -0.3 is 14.6 Å². The van der Waals surface area contributed by atoms with Crippen LogP contribution in [0.5, 0.6) is 0 Å². The SMILES string of the molecule is O=S(=O)([O-])[O-].[O-2].[Ti+4].[Ti+4]. The van der Waals surface area contributed by atoms with Crippen LogP contribution in [0.3, 0.4) is 0 Å². The van der Waals surface area contributed by atoms with Crippen molar-refractivity contribution in [1.29, 1.82) is 0 Å². The van der Waals surface area contributed by atoms with Crippen LogP contribution in [0.15, 0.2) is 0 Å². The largest absolute Gasteiger partial charge is 4.00 e. The standard InChI is InChI=1S/H2O4S.O.2Ti/c1-5(2,3)4;;;/h(H2,1,2,3,4);;;/q;-2;2*+4/p-2. The molecular weight excluding hydrogens is 208 g/mol. The third-order valence-corrected chi connectivity index (χ3v) is 0. The summed E-state index contributed by atoms with van der Waals surface area (Å²) in [6.07, 6.45) is 0. The van der Waals surface area contributed by atoms with E-state index in [-0.39, 0.29) is 48.9 Å². The minimum atomic E-state index is -5.17. The van der Waals surface area contributed by atoms with E-state index in [0.29, 0.717) is 0 Å². The van der Waals surface area contributed by atoms with Gasteiger partial charge in [-0.15, -0.1) is 0 Å². The molecule has 0 saturated heterocycles. The molecule has 0 aromatic carbocycles. The van der Waals surface area contributed by atoms with Crippen LogP contribution >= 0.6 is 0 Å². The minimum absolute atomic E-state index is 0. The van der Waals surface area contributed by atoms with Crippen molar-refractivity contribution in [2.45, 2.75) is 0 Å². The van der Waals surface area contributed by atoms with E-state index < -0.39 is 10.4 Å². The molecule has 0 aromatic heterocycles. The zero-order chi connectivity index (χ0) is 4.50. The predicted molar refractivity (Wildman–Crippen MR) is 11.2 cm³/mol. The Balaban J connectivity index is -0.0000000267. The molecule has 0 amide bonds. The molecule has 0 fully saturated rings. The molecule has 0 aliphatic rings. The molecule has 40 valence electrons. The molecule has 0 heterocycles. The topological polar surface area (TPSA) is 109 Å². The first kappa shape index (κ1) is 22.8. The molecule has 5 nitrogen and oxygen atoms in total. The van der Waals surface area contributed by atoms with Crippen LogP contribution in [0, 0.1) is 0 Å². The zero-order valence-corrected chi connectivity index (χ0v) is 7.39. The second-order valence-electron chi connectivity index (χ2n) is 0.408. The molecule has 0 bridgehead atoms. The fourth-order valence-electron chi connectivity index (χ4n) is 0. The Kier molecular flexibility index (Phi) is 23.6. The molecule has 8 heavy (non-hydrogen) atoms. The normalized spacial score (nSPS) is 7.25. The van der Waals surface area contributed by atoms with Crippen LogP contribution < -0.4 is 0 Å². The van der Waals surface area contributed by atoms with Crippen molar-refractivity contribution in [2.75, 3.05) is 0 Å². The van der Waals surface area contributed by atoms with Gasteiger partial charge in [0, 0.05) is 10.4 Å². The molecule has 0 unspecified atom stereocenters. The molecule has 0 N–H and O–H groups in total. The van der Waals surface area contributed by atoms with Crippen molar-refractivity contribution in [3.8, 4) is 0 Å². The Hall–Kier alpha value is 1.26. The van der Waals surface area contributed by atoms with Crippen molar-refractivity contribution < 1.29 is 66.4 Å². The van der Waals surface area contributed by atoms with Gasteiger partial charge in [0.15, 0.2) is 0 Å². The molecule has 0 radical (unpaired) electrons. The van der Waals surface area contributed by atoms with Crippen LogP contribution in [0.1, 0.15) is 0 Å². The van der Waals surface area contributed by atoms with Crippen molar-refractivity contribution in [2.24, 2.45) is 0 Å². The minimum Gasteiger partial charge on any atom is -2.00 e. The maximum atomic E-state index is 8.52. The number of hydrogen-bond donors (Lipinski definition) is 0. The zero-order valence-electron chi connectivity index (χ0n) is 3.45. The van der Waals surface area contributed by atoms with E-state index in [0.717, 1.165) is 0 Å². The summed E-state index contributed by atoms with van der Waals surface area (Å²) < 4.78 is 34.1. The summed E-state index contributed by atoms with van der Waals surface area (Å²) in [6.45, 7) is 0. The van der Waals surface area contributed by atoms with Gasteiger partial charge in [-0.1, -0.05) is 0 Å². The second kappa shape index (κ2) is 8.26. The van der Waals surface area contributed by atoms with E-state index in [9.17, 15) is 0 Å². The van der Waals surface area contributed by atoms with E-state index in [2.05, 4.69) is 0 Å². The summed E-state index contributed by atoms with van der Waals surface area (Å²) in [4.78, 5) is 0. The van der Waals surface area contributed by atoms with Crippen LogP contribution in [0.2, 0.25) is 0 Å². The predicted octanol–water partition coefficient (Wildman–Crippen LogP) is -1.46. The van der Waals surface area contributed by atoms with E-state index in [4.69, 9.17) is 17.5 Å². The number of hydrogen-bond acceptors (Lipinski definition) is 4. The Morgan fingerprint density at radius 2 is 1.00 bits per heavy atom. The van der Waals surface area contributed by atoms with Gasteiger partial charge in [0.05, 0.1) is 0 Å². The van der Waals surface area contributed by atoms with Gasteiger partial charge in [0.1, 0.15) is 0 Å². The number of rotatable bonds is 0. The first-order chi connectivity index (χ1) is 2.00. The Morgan fingerprint density at radius 1 is 1.00 bits per heavy atom. The van der Waals surface area contributed by atoms with Crippen molar-refractivity contribution >= 4 is 10.4 Å². The molecule has 0 aliphatic heterocycles. The van der Waals surface area contributed by atoms with Crippen molar-refractivity contribution in [3.63, 3.8) is 0 Å². The first-order valence-corrected chi connectivity index (χ1v) is 2.00. The van der Waals surface area contributed by atoms with Gasteiger partial charge in [-0.3, -0.25) is 8.42 Å². The molecule has 0 saturated carbocycles. The molecule has 0 spiro atoms. The van der Waals surface area contributed by atoms with E-state index >= 15 is 0 Å². The maximum absolute atomic E-state index is 8.52. The Morgan fingerprint density at radius 3 is 1.00 bits per heavy atom. The average Bonchev–Trinajstić information content (AvgIpc) is 0.722. The summed E-state index contributed by atoms with van der Waals surface area (Å²) >= 11 is 0. The fraction of sp³-hybridized carbons (Fsp3) is 0. The van der Waals surface area contributed by atoms with E-state index in [1.165, 1.54) is 0 Å². The third-order valence-electron chi connectivity index (χ3n) is 0. The monoisotopic (exact) mass is 208 g/mol. The summed E-state index contributed by atoms with van der Waals surface area (Å²) in [5.74, 6) is 0.